The highest BCUT2D eigenvalue weighted by atomic mass is 35.5. The van der Waals surface area contributed by atoms with Gasteiger partial charge in [0, 0.05) is 6.21 Å². The van der Waals surface area contributed by atoms with Gasteiger partial charge in [-0.3, -0.25) is 0 Å². The number of halogens is 3. The van der Waals surface area contributed by atoms with Gasteiger partial charge in [0.05, 0.1) is 12.2 Å². The van der Waals surface area contributed by atoms with Crippen LogP contribution in [-0.2, 0) is 9.53 Å². The Morgan fingerprint density at radius 1 is 1.44 bits per heavy atom. The van der Waals surface area contributed by atoms with Gasteiger partial charge < -0.3 is 9.84 Å². The van der Waals surface area contributed by atoms with Gasteiger partial charge in [-0.15, -0.1) is 0 Å². The van der Waals surface area contributed by atoms with Crippen molar-refractivity contribution in [3.63, 3.8) is 0 Å². The van der Waals surface area contributed by atoms with Crippen LogP contribution in [0.2, 0.25) is 10.3 Å². The molecule has 0 atom stereocenters. The van der Waals surface area contributed by atoms with Crippen molar-refractivity contribution in [3.8, 4) is 0 Å². The van der Waals surface area contributed by atoms with Gasteiger partial charge in [-0.25, -0.2) is 23.8 Å². The summed E-state index contributed by atoms with van der Waals surface area (Å²) in [5, 5.41) is 16.6. The van der Waals surface area contributed by atoms with Crippen LogP contribution in [0.5, 0.6) is 0 Å². The van der Waals surface area contributed by atoms with Crippen molar-refractivity contribution >= 4 is 47.0 Å². The maximum absolute atomic E-state index is 13.6. The first-order valence-corrected chi connectivity index (χ1v) is 7.56. The Morgan fingerprint density at radius 3 is 2.76 bits per heavy atom. The van der Waals surface area contributed by atoms with E-state index in [1.54, 1.807) is 13.8 Å². The molecule has 1 N–H and O–H groups in total. The number of carbonyl (C=O) groups is 1. The smallest absolute Gasteiger partial charge is 0.343 e. The molecule has 2 rings (SSSR count). The topological polar surface area (TPSA) is 111 Å². The Labute approximate surface area is 150 Å². The van der Waals surface area contributed by atoms with E-state index in [0.29, 0.717) is 5.69 Å². The van der Waals surface area contributed by atoms with Crippen molar-refractivity contribution in [3.05, 3.63) is 39.0 Å². The molecule has 11 heteroatoms. The minimum atomic E-state index is -0.927. The fraction of sp³-hybridized carbons (Fsp3) is 0.214. The molecule has 25 heavy (non-hydrogen) atoms. The van der Waals surface area contributed by atoms with Gasteiger partial charge >= 0.3 is 5.97 Å². The molecule has 0 aliphatic carbocycles. The van der Waals surface area contributed by atoms with Crippen molar-refractivity contribution in [1.29, 1.82) is 0 Å². The van der Waals surface area contributed by atoms with Crippen LogP contribution < -0.4 is 0 Å². The third-order valence-electron chi connectivity index (χ3n) is 2.84. The van der Waals surface area contributed by atoms with Gasteiger partial charge in [-0.1, -0.05) is 28.4 Å². The molecule has 2 aromatic rings. The number of aromatic nitrogens is 3. The molecular weight excluding hydrogens is 378 g/mol. The fourth-order valence-electron chi connectivity index (χ4n) is 1.65. The van der Waals surface area contributed by atoms with E-state index in [9.17, 15) is 14.3 Å². The lowest BCUT2D eigenvalue weighted by atomic mass is 10.1. The third-order valence-corrected chi connectivity index (χ3v) is 3.39. The largest absolute Gasteiger partial charge is 0.506 e. The number of carbonyl (C=O) groups excluding carboxylic acids is 1. The van der Waals surface area contributed by atoms with Crippen molar-refractivity contribution < 1.29 is 23.7 Å². The zero-order valence-corrected chi connectivity index (χ0v) is 14.5. The lowest BCUT2D eigenvalue weighted by Crippen LogP contribution is -2.12. The van der Waals surface area contributed by atoms with Crippen LogP contribution in [0, 0.1) is 12.7 Å². The molecule has 0 fully saturated rings. The molecule has 0 saturated carbocycles. The first-order valence-electron chi connectivity index (χ1n) is 6.80. The predicted molar refractivity (Wildman–Crippen MR) is 87.6 cm³/mol. The van der Waals surface area contributed by atoms with E-state index in [-0.39, 0.29) is 23.1 Å². The number of nitrogens with zero attached hydrogens (tertiary/aromatic N) is 4. The van der Waals surface area contributed by atoms with E-state index in [4.69, 9.17) is 27.9 Å². The number of hydrogen-bond donors (Lipinski definition) is 1. The van der Waals surface area contributed by atoms with Crippen LogP contribution in [0.15, 0.2) is 21.3 Å². The number of aryl methyl sites for hydroxylation is 1. The molecule has 8 nitrogen and oxygen atoms in total. The van der Waals surface area contributed by atoms with Crippen molar-refractivity contribution in [2.24, 2.45) is 4.99 Å². The maximum atomic E-state index is 13.6. The average molecular weight is 389 g/mol. The molecule has 0 aromatic carbocycles. The number of pyridine rings is 1. The maximum Gasteiger partial charge on any atom is 0.343 e. The molecule has 0 spiro atoms. The highest BCUT2D eigenvalue weighted by molar-refractivity contribution is 6.34. The summed E-state index contributed by atoms with van der Waals surface area (Å²) in [4.78, 5) is 19.5. The quantitative estimate of drug-likeness (QED) is 0.274. The minimum absolute atomic E-state index is 0.0367. The Bertz CT molecular complexity index is 867. The Morgan fingerprint density at radius 2 is 2.16 bits per heavy atom. The van der Waals surface area contributed by atoms with Crippen LogP contribution in [0.3, 0.4) is 0 Å². The summed E-state index contributed by atoms with van der Waals surface area (Å²) in [6.07, 6.45) is 0.975. The minimum Gasteiger partial charge on any atom is -0.506 e. The molecule has 2 heterocycles. The van der Waals surface area contributed by atoms with E-state index in [0.717, 1.165) is 12.3 Å². The van der Waals surface area contributed by atoms with Crippen molar-refractivity contribution in [2.75, 3.05) is 6.61 Å². The number of hydrogen-bond acceptors (Lipinski definition) is 8. The van der Waals surface area contributed by atoms with Crippen molar-refractivity contribution in [1.82, 2.24) is 15.3 Å². The summed E-state index contributed by atoms with van der Waals surface area (Å²) in [5.41, 5.74) is -0.293. The average Bonchev–Trinajstić information content (AvgIpc) is 2.96. The summed E-state index contributed by atoms with van der Waals surface area (Å²) in [5.74, 6) is -2.45. The zero-order chi connectivity index (χ0) is 18.6. The Hall–Kier alpha value is -2.52. The van der Waals surface area contributed by atoms with Crippen LogP contribution in [-0.4, -0.2) is 39.2 Å². The normalized spacial score (nSPS) is 12.4. The molecule has 0 amide bonds. The zero-order valence-electron chi connectivity index (χ0n) is 13.0. The Kier molecular flexibility index (Phi) is 6.05. The molecule has 132 valence electrons. The van der Waals surface area contributed by atoms with Crippen LogP contribution in [0.25, 0.3) is 5.76 Å². The van der Waals surface area contributed by atoms with E-state index in [2.05, 4.69) is 24.9 Å². The number of esters is 1. The lowest BCUT2D eigenvalue weighted by molar-refractivity contribution is -0.137. The highest BCUT2D eigenvalue weighted by Crippen LogP contribution is 2.27. The van der Waals surface area contributed by atoms with Crippen molar-refractivity contribution in [2.45, 2.75) is 13.8 Å². The monoisotopic (exact) mass is 388 g/mol. The fourth-order valence-corrected chi connectivity index (χ4v) is 2.06. The van der Waals surface area contributed by atoms with Gasteiger partial charge in [0.25, 0.3) is 0 Å². The van der Waals surface area contributed by atoms with Gasteiger partial charge in [-0.05, 0) is 25.1 Å². The van der Waals surface area contributed by atoms with E-state index < -0.39 is 28.3 Å². The van der Waals surface area contributed by atoms with E-state index in [1.165, 1.54) is 0 Å². The van der Waals surface area contributed by atoms with Gasteiger partial charge in [0.2, 0.25) is 5.82 Å². The summed E-state index contributed by atoms with van der Waals surface area (Å²) < 4.78 is 23.0. The first kappa shape index (κ1) is 18.8. The summed E-state index contributed by atoms with van der Waals surface area (Å²) in [6.45, 7) is 3.19. The summed E-state index contributed by atoms with van der Waals surface area (Å²) in [6, 6.07) is 0.836. The number of aliphatic imine (C=N–C) groups is 1. The summed E-state index contributed by atoms with van der Waals surface area (Å²) >= 11 is 11.4. The molecule has 0 aliphatic rings. The standard InChI is InChI=1S/C14H11Cl2FN4O4/c1-3-24-14(23)8(5-18-13-6(2)20-25-21-13)10(22)7-4-9(17)12(16)19-11(7)15/h4-5,22H,3H2,1-2H3/b10-8+,18-5?. The SMILES string of the molecule is CCOC(=O)/C(C=Nc1nonc1C)=C(/O)c1cc(F)c(Cl)nc1Cl. The first-order chi connectivity index (χ1) is 11.8. The molecule has 0 aliphatic heterocycles. The van der Waals surface area contributed by atoms with Crippen LogP contribution >= 0.6 is 23.2 Å². The summed E-state index contributed by atoms with van der Waals surface area (Å²) in [7, 11) is 0. The molecule has 2 aromatic heterocycles. The number of rotatable bonds is 5. The van der Waals surface area contributed by atoms with E-state index in [1.807, 2.05) is 0 Å². The van der Waals surface area contributed by atoms with Gasteiger partial charge in [-0.2, -0.15) is 0 Å². The second-order valence-electron chi connectivity index (χ2n) is 4.51. The lowest BCUT2D eigenvalue weighted by Gasteiger charge is -2.08. The predicted octanol–water partition coefficient (Wildman–Crippen LogP) is 3.45. The van der Waals surface area contributed by atoms with Crippen LogP contribution in [0.1, 0.15) is 18.2 Å². The van der Waals surface area contributed by atoms with Gasteiger partial charge in [0.15, 0.2) is 11.0 Å². The highest BCUT2D eigenvalue weighted by Gasteiger charge is 2.21. The molecule has 0 radical (unpaired) electrons. The number of ether oxygens (including phenoxy) is 1. The third kappa shape index (κ3) is 4.31. The second kappa shape index (κ2) is 8.04. The molecule has 0 saturated heterocycles. The second-order valence-corrected chi connectivity index (χ2v) is 5.23. The molecule has 0 unspecified atom stereocenters. The van der Waals surface area contributed by atoms with Gasteiger partial charge in [0.1, 0.15) is 22.2 Å². The molecular formula is C14H11Cl2FN4O4. The van der Waals surface area contributed by atoms with Crippen LogP contribution in [0.4, 0.5) is 10.2 Å². The number of aliphatic hydroxyl groups is 1. The Balaban J connectivity index is 2.55. The molecule has 0 bridgehead atoms. The number of aliphatic hydroxyl groups excluding tert-OH is 1. The van der Waals surface area contributed by atoms with E-state index >= 15 is 0 Å².